The maximum atomic E-state index is 7.25. The lowest BCUT2D eigenvalue weighted by Crippen LogP contribution is -2.75. The number of aromatic nitrogens is 1. The number of rotatable bonds is 6. The Morgan fingerprint density at radius 2 is 0.776 bits per heavy atom. The fraction of sp³-hybridized carbons (Fsp3) is 0. The monoisotopic (exact) mass is 869 g/mol. The van der Waals surface area contributed by atoms with E-state index in [0.29, 0.717) is 0 Å². The average molecular weight is 870 g/mol. The predicted octanol–water partition coefficient (Wildman–Crippen LogP) is 10.9. The van der Waals surface area contributed by atoms with E-state index < -0.39 is 8.07 Å². The largest absolute Gasteiger partial charge is 0.458 e. The van der Waals surface area contributed by atoms with Gasteiger partial charge in [0.1, 0.15) is 23.0 Å². The van der Waals surface area contributed by atoms with E-state index in [4.69, 9.17) is 9.47 Å². The smallest absolute Gasteiger partial charge is 0.260 e. The second-order valence-electron chi connectivity index (χ2n) is 17.8. The number of hydrogen-bond acceptors (Lipinski definition) is 2. The van der Waals surface area contributed by atoms with Crippen LogP contribution in [-0.4, -0.2) is 19.4 Å². The topological polar surface area (TPSA) is 23.4 Å². The molecule has 0 saturated heterocycles. The van der Waals surface area contributed by atoms with E-state index in [1.807, 2.05) is 0 Å². The minimum atomic E-state index is -2.96. The summed E-state index contributed by atoms with van der Waals surface area (Å²) in [7, 11) is -2.96. The number of para-hydroxylation sites is 3. The number of ether oxygens (including phenoxy) is 2. The fourth-order valence-corrected chi connectivity index (χ4v) is 16.9. The molecule has 0 unspecified atom stereocenters. The van der Waals surface area contributed by atoms with Crippen molar-refractivity contribution >= 4 is 95.3 Å². The van der Waals surface area contributed by atoms with Gasteiger partial charge in [-0.05, 0) is 88.6 Å². The number of hydrogen-bond donors (Lipinski definition) is 0. The molecule has 3 heterocycles. The van der Waals surface area contributed by atoms with Crippen molar-refractivity contribution in [1.29, 1.82) is 0 Å². The average Bonchev–Trinajstić information content (AvgIpc) is 3.73. The fourth-order valence-electron chi connectivity index (χ4n) is 11.8. The molecule has 14 rings (SSSR count). The molecule has 0 bridgehead atoms. The van der Waals surface area contributed by atoms with Gasteiger partial charge >= 0.3 is 0 Å². The number of fused-ring (bicyclic) bond motifs is 9. The molecule has 0 spiro atoms. The van der Waals surface area contributed by atoms with Crippen LogP contribution in [0.15, 0.2) is 243 Å². The maximum absolute atomic E-state index is 7.25. The predicted molar refractivity (Wildman–Crippen MR) is 283 cm³/mol. The molecule has 312 valence electrons. The summed E-state index contributed by atoms with van der Waals surface area (Å²) in [5, 5.41) is 12.9. The third kappa shape index (κ3) is 5.53. The van der Waals surface area contributed by atoms with Gasteiger partial charge in [-0.1, -0.05) is 206 Å². The quantitative estimate of drug-likeness (QED) is 0.0944. The molecular formula is C62H40BNO2Si. The third-order valence-electron chi connectivity index (χ3n) is 14.4. The molecule has 1 aromatic heterocycles. The molecule has 11 aromatic carbocycles. The molecule has 0 N–H and O–H groups in total. The molecule has 2 aliphatic rings. The Balaban J connectivity index is 1.02. The lowest BCUT2D eigenvalue weighted by Gasteiger charge is -2.37. The lowest BCUT2D eigenvalue weighted by atomic mass is 9.35. The summed E-state index contributed by atoms with van der Waals surface area (Å²) in [6, 6.07) is 89.1. The third-order valence-corrected chi connectivity index (χ3v) is 19.3. The molecule has 0 amide bonds. The van der Waals surface area contributed by atoms with Crippen molar-refractivity contribution < 1.29 is 9.47 Å². The standard InChI is InChI=1S/C62H40BNO2Si/c1-4-20-43(21-5-1)67(44-22-6-2-7-23-44,45-24-8-3-9-25-45)62-50-30-12-10-28-48(50)60(49-29-11-13-31-51(49)62)41-36-37-53-57(38-41)66-59-40-42(39-58-61(59)63(53)52-32-16-19-35-56(52)65-58)64-54-33-17-14-26-46(54)47-27-15-18-34-55(47)64/h1-40H. The molecule has 0 atom stereocenters. The summed E-state index contributed by atoms with van der Waals surface area (Å²) < 4.78 is 16.4. The van der Waals surface area contributed by atoms with Crippen molar-refractivity contribution in [2.24, 2.45) is 0 Å². The van der Waals surface area contributed by atoms with Crippen molar-refractivity contribution in [2.45, 2.75) is 0 Å². The maximum Gasteiger partial charge on any atom is 0.260 e. The molecule has 12 aromatic rings. The minimum absolute atomic E-state index is 0.0648. The Kier molecular flexibility index (Phi) is 8.40. The van der Waals surface area contributed by atoms with Crippen LogP contribution in [0.2, 0.25) is 0 Å². The van der Waals surface area contributed by atoms with E-state index in [-0.39, 0.29) is 6.71 Å². The van der Waals surface area contributed by atoms with Gasteiger partial charge in [-0.2, -0.15) is 0 Å². The van der Waals surface area contributed by atoms with Crippen LogP contribution in [0.25, 0.3) is 60.2 Å². The second kappa shape index (κ2) is 14.8. The van der Waals surface area contributed by atoms with E-state index in [1.54, 1.807) is 0 Å². The highest BCUT2D eigenvalue weighted by Gasteiger charge is 2.45. The Hall–Kier alpha value is -8.38. The van der Waals surface area contributed by atoms with Gasteiger partial charge in [0.15, 0.2) is 8.07 Å². The van der Waals surface area contributed by atoms with Gasteiger partial charge in [0.25, 0.3) is 6.71 Å². The van der Waals surface area contributed by atoms with Gasteiger partial charge in [0.2, 0.25) is 0 Å². The van der Waals surface area contributed by atoms with Crippen molar-refractivity contribution in [1.82, 2.24) is 4.57 Å². The molecule has 3 nitrogen and oxygen atoms in total. The molecular weight excluding hydrogens is 830 g/mol. The van der Waals surface area contributed by atoms with Crippen LogP contribution < -0.4 is 46.6 Å². The Morgan fingerprint density at radius 3 is 1.33 bits per heavy atom. The van der Waals surface area contributed by atoms with E-state index in [9.17, 15) is 0 Å². The molecule has 0 radical (unpaired) electrons. The Bertz CT molecular complexity index is 3740. The normalized spacial score (nSPS) is 12.7. The first kappa shape index (κ1) is 37.9. The summed E-state index contributed by atoms with van der Waals surface area (Å²) in [6.45, 7) is -0.0648. The first-order chi connectivity index (χ1) is 33.3. The molecule has 0 aliphatic carbocycles. The summed E-state index contributed by atoms with van der Waals surface area (Å²) in [4.78, 5) is 0. The first-order valence-electron chi connectivity index (χ1n) is 23.1. The highest BCUT2D eigenvalue weighted by Crippen LogP contribution is 2.42. The van der Waals surface area contributed by atoms with Crippen molar-refractivity contribution in [3.63, 3.8) is 0 Å². The molecule has 0 saturated carbocycles. The van der Waals surface area contributed by atoms with E-state index in [0.717, 1.165) is 61.7 Å². The summed E-state index contributed by atoms with van der Waals surface area (Å²) >= 11 is 0. The summed E-state index contributed by atoms with van der Waals surface area (Å²) in [5.74, 6) is 3.37. The number of benzene rings is 11. The zero-order valence-corrected chi connectivity index (χ0v) is 37.4. The van der Waals surface area contributed by atoms with Gasteiger partial charge in [0.05, 0.1) is 16.7 Å². The van der Waals surface area contributed by atoms with Gasteiger partial charge in [-0.3, -0.25) is 0 Å². The Labute approximate surface area is 389 Å². The highest BCUT2D eigenvalue weighted by molar-refractivity contribution is 7.21. The lowest BCUT2D eigenvalue weighted by molar-refractivity contribution is 0.464. The van der Waals surface area contributed by atoms with Crippen molar-refractivity contribution in [3.05, 3.63) is 243 Å². The summed E-state index contributed by atoms with van der Waals surface area (Å²) in [6.07, 6.45) is 0. The van der Waals surface area contributed by atoms with Crippen molar-refractivity contribution in [2.75, 3.05) is 0 Å². The van der Waals surface area contributed by atoms with Crippen LogP contribution in [0.5, 0.6) is 23.0 Å². The van der Waals surface area contributed by atoms with Crippen LogP contribution in [0.4, 0.5) is 0 Å². The van der Waals surface area contributed by atoms with E-state index in [2.05, 4.69) is 247 Å². The second-order valence-corrected chi connectivity index (χ2v) is 21.6. The SMILES string of the molecule is c1ccc([Si](c2ccccc2)(c2ccccc2)c2c3ccccc3c(-c3ccc4c(c3)Oc3cc(-n5c6ccccc6c6ccccc65)cc5c3B4c3ccccc3O5)c3ccccc23)cc1. The van der Waals surface area contributed by atoms with E-state index >= 15 is 0 Å². The van der Waals surface area contributed by atoms with Gasteiger partial charge in [0, 0.05) is 28.4 Å². The van der Waals surface area contributed by atoms with Crippen LogP contribution in [0.3, 0.4) is 0 Å². The van der Waals surface area contributed by atoms with Crippen LogP contribution in [0, 0.1) is 0 Å². The molecule has 5 heteroatoms. The summed E-state index contributed by atoms with van der Waals surface area (Å²) in [5.41, 5.74) is 8.94. The molecule has 2 aliphatic heterocycles. The van der Waals surface area contributed by atoms with Gasteiger partial charge in [-0.25, -0.2) is 0 Å². The van der Waals surface area contributed by atoms with Crippen LogP contribution in [0.1, 0.15) is 0 Å². The first-order valence-corrected chi connectivity index (χ1v) is 25.1. The zero-order chi connectivity index (χ0) is 44.1. The van der Waals surface area contributed by atoms with Crippen molar-refractivity contribution in [3.8, 4) is 39.8 Å². The number of nitrogens with zero attached hydrogens (tertiary/aromatic N) is 1. The highest BCUT2D eigenvalue weighted by atomic mass is 28.3. The zero-order valence-electron chi connectivity index (χ0n) is 36.4. The van der Waals surface area contributed by atoms with Gasteiger partial charge < -0.3 is 14.0 Å². The van der Waals surface area contributed by atoms with Crippen LogP contribution in [-0.2, 0) is 0 Å². The molecule has 67 heavy (non-hydrogen) atoms. The van der Waals surface area contributed by atoms with E-state index in [1.165, 1.54) is 58.6 Å². The minimum Gasteiger partial charge on any atom is -0.458 e. The van der Waals surface area contributed by atoms with Crippen LogP contribution >= 0.6 is 0 Å². The Morgan fingerprint density at radius 1 is 0.343 bits per heavy atom. The van der Waals surface area contributed by atoms with Gasteiger partial charge in [-0.15, -0.1) is 0 Å². The molecule has 0 fully saturated rings.